The lowest BCUT2D eigenvalue weighted by Crippen LogP contribution is -2.50. The molecule has 0 aromatic heterocycles. The molecular weight excluding hydrogens is 311 g/mol. The number of piperazine rings is 1. The predicted octanol–water partition coefficient (Wildman–Crippen LogP) is 2.64. The highest BCUT2D eigenvalue weighted by molar-refractivity contribution is 6.33. The second kappa shape index (κ2) is 7.66. The quantitative estimate of drug-likeness (QED) is 0.797. The van der Waals surface area contributed by atoms with Crippen LogP contribution in [0.5, 0.6) is 0 Å². The van der Waals surface area contributed by atoms with E-state index in [1.165, 1.54) is 0 Å². The van der Waals surface area contributed by atoms with E-state index in [1.807, 2.05) is 0 Å². The molecule has 1 fully saturated rings. The molecule has 2 rings (SSSR count). The van der Waals surface area contributed by atoms with E-state index in [4.69, 9.17) is 23.2 Å². The third-order valence-corrected chi connectivity index (χ3v) is 4.14. The lowest BCUT2D eigenvalue weighted by atomic mass is 10.1. The molecule has 1 heterocycles. The summed E-state index contributed by atoms with van der Waals surface area (Å²) in [6, 6.07) is 7.03. The van der Waals surface area contributed by atoms with Gasteiger partial charge in [-0.1, -0.05) is 23.7 Å². The third-order valence-electron chi connectivity index (χ3n) is 3.55. The molecule has 114 valence electrons. The number of carbonyl (C=O) groups is 2. The summed E-state index contributed by atoms with van der Waals surface area (Å²) in [5, 5.41) is 0.461. The van der Waals surface area contributed by atoms with Gasteiger partial charge in [0.15, 0.2) is 0 Å². The Morgan fingerprint density at radius 1 is 1.05 bits per heavy atom. The van der Waals surface area contributed by atoms with Crippen LogP contribution in [0.3, 0.4) is 0 Å². The smallest absolute Gasteiger partial charge is 0.255 e. The fraction of sp³-hybridized carbons (Fsp3) is 0.467. The summed E-state index contributed by atoms with van der Waals surface area (Å²) in [4.78, 5) is 27.8. The summed E-state index contributed by atoms with van der Waals surface area (Å²) in [5.74, 6) is 0.533. The number of benzene rings is 1. The topological polar surface area (TPSA) is 40.6 Å². The minimum atomic E-state index is -0.0755. The molecule has 0 atom stereocenters. The van der Waals surface area contributed by atoms with E-state index in [2.05, 4.69) is 0 Å². The molecule has 6 heteroatoms. The molecule has 0 aliphatic carbocycles. The molecule has 4 nitrogen and oxygen atoms in total. The summed E-state index contributed by atoms with van der Waals surface area (Å²) in [5.41, 5.74) is 0.515. The SMILES string of the molecule is O=C(CCCCl)N1CCN(C(=O)c2ccccc2Cl)CC1. The fourth-order valence-corrected chi connectivity index (χ4v) is 2.69. The number of alkyl halides is 1. The molecule has 0 bridgehead atoms. The first-order valence-corrected chi connectivity index (χ1v) is 7.92. The Hall–Kier alpha value is -1.26. The van der Waals surface area contributed by atoms with Crippen molar-refractivity contribution >= 4 is 35.0 Å². The summed E-state index contributed by atoms with van der Waals surface area (Å²) < 4.78 is 0. The zero-order valence-electron chi connectivity index (χ0n) is 11.7. The van der Waals surface area contributed by atoms with E-state index < -0.39 is 0 Å². The van der Waals surface area contributed by atoms with E-state index in [-0.39, 0.29) is 11.8 Å². The van der Waals surface area contributed by atoms with Gasteiger partial charge in [0.05, 0.1) is 10.6 Å². The van der Waals surface area contributed by atoms with Crippen LogP contribution >= 0.6 is 23.2 Å². The van der Waals surface area contributed by atoms with Gasteiger partial charge in [-0.3, -0.25) is 9.59 Å². The first kappa shape index (κ1) is 16.1. The summed E-state index contributed by atoms with van der Waals surface area (Å²) in [6.45, 7) is 2.21. The average molecular weight is 329 g/mol. The van der Waals surface area contributed by atoms with Crippen molar-refractivity contribution in [2.24, 2.45) is 0 Å². The van der Waals surface area contributed by atoms with Gasteiger partial charge < -0.3 is 9.80 Å². The monoisotopic (exact) mass is 328 g/mol. The first-order valence-electron chi connectivity index (χ1n) is 7.01. The number of rotatable bonds is 4. The maximum absolute atomic E-state index is 12.4. The van der Waals surface area contributed by atoms with Gasteiger partial charge in [0.2, 0.25) is 5.91 Å². The van der Waals surface area contributed by atoms with Crippen molar-refractivity contribution in [3.8, 4) is 0 Å². The van der Waals surface area contributed by atoms with Crippen LogP contribution in [-0.2, 0) is 4.79 Å². The number of hydrogen-bond acceptors (Lipinski definition) is 2. The van der Waals surface area contributed by atoms with Crippen molar-refractivity contribution < 1.29 is 9.59 Å². The Labute approximate surface area is 134 Å². The van der Waals surface area contributed by atoms with Crippen LogP contribution in [0, 0.1) is 0 Å². The molecule has 1 aliphatic heterocycles. The fourth-order valence-electron chi connectivity index (χ4n) is 2.34. The summed E-state index contributed by atoms with van der Waals surface area (Å²) in [7, 11) is 0. The second-order valence-corrected chi connectivity index (χ2v) is 5.73. The van der Waals surface area contributed by atoms with E-state index in [1.54, 1.807) is 34.1 Å². The standard InChI is InChI=1S/C15H18Cl2N2O2/c16-7-3-6-14(20)18-8-10-19(11-9-18)15(21)12-4-1-2-5-13(12)17/h1-2,4-5H,3,6-11H2. The molecule has 0 saturated carbocycles. The number of nitrogens with zero attached hydrogens (tertiary/aromatic N) is 2. The Morgan fingerprint density at radius 3 is 2.29 bits per heavy atom. The van der Waals surface area contributed by atoms with Crippen molar-refractivity contribution in [1.29, 1.82) is 0 Å². The molecule has 1 aromatic rings. The molecule has 0 radical (unpaired) electrons. The summed E-state index contributed by atoms with van der Waals surface area (Å²) in [6.07, 6.45) is 1.17. The molecule has 1 aliphatic rings. The maximum Gasteiger partial charge on any atom is 0.255 e. The van der Waals surface area contributed by atoms with E-state index >= 15 is 0 Å². The zero-order chi connectivity index (χ0) is 15.2. The Balaban J connectivity index is 1.91. The second-order valence-electron chi connectivity index (χ2n) is 4.95. The molecule has 0 spiro atoms. The molecule has 1 saturated heterocycles. The van der Waals surface area contributed by atoms with Gasteiger partial charge in [0.1, 0.15) is 0 Å². The lowest BCUT2D eigenvalue weighted by Gasteiger charge is -2.35. The molecule has 21 heavy (non-hydrogen) atoms. The van der Waals surface area contributed by atoms with Crippen molar-refractivity contribution in [3.05, 3.63) is 34.9 Å². The number of hydrogen-bond donors (Lipinski definition) is 0. The van der Waals surface area contributed by atoms with Crippen LogP contribution in [0.15, 0.2) is 24.3 Å². The van der Waals surface area contributed by atoms with Crippen molar-refractivity contribution in [1.82, 2.24) is 9.80 Å². The zero-order valence-corrected chi connectivity index (χ0v) is 13.2. The van der Waals surface area contributed by atoms with Crippen molar-refractivity contribution in [2.45, 2.75) is 12.8 Å². The normalized spacial score (nSPS) is 15.1. The largest absolute Gasteiger partial charge is 0.339 e. The molecule has 0 unspecified atom stereocenters. The Kier molecular flexibility index (Phi) is 5.88. The van der Waals surface area contributed by atoms with Gasteiger partial charge in [-0.25, -0.2) is 0 Å². The highest BCUT2D eigenvalue weighted by Crippen LogP contribution is 2.18. The van der Waals surface area contributed by atoms with Gasteiger partial charge in [-0.2, -0.15) is 0 Å². The first-order chi connectivity index (χ1) is 10.1. The van der Waals surface area contributed by atoms with Gasteiger partial charge in [0, 0.05) is 38.5 Å². The van der Waals surface area contributed by atoms with Gasteiger partial charge in [-0.15, -0.1) is 11.6 Å². The number of halogens is 2. The van der Waals surface area contributed by atoms with Crippen LogP contribution in [0.2, 0.25) is 5.02 Å². The minimum absolute atomic E-state index is 0.0755. The molecule has 1 aromatic carbocycles. The van der Waals surface area contributed by atoms with Crippen LogP contribution in [0.25, 0.3) is 0 Å². The Bertz CT molecular complexity index is 514. The van der Waals surface area contributed by atoms with E-state index in [0.29, 0.717) is 55.5 Å². The van der Waals surface area contributed by atoms with Crippen molar-refractivity contribution in [2.75, 3.05) is 32.1 Å². The summed E-state index contributed by atoms with van der Waals surface area (Å²) >= 11 is 11.6. The average Bonchev–Trinajstić information content (AvgIpc) is 2.52. The molecule has 0 N–H and O–H groups in total. The highest BCUT2D eigenvalue weighted by Gasteiger charge is 2.25. The number of amides is 2. The van der Waals surface area contributed by atoms with Crippen LogP contribution in [0.1, 0.15) is 23.2 Å². The number of carbonyl (C=O) groups excluding carboxylic acids is 2. The van der Waals surface area contributed by atoms with Crippen LogP contribution in [-0.4, -0.2) is 53.7 Å². The third kappa shape index (κ3) is 4.11. The molecular formula is C15H18Cl2N2O2. The van der Waals surface area contributed by atoms with E-state index in [9.17, 15) is 9.59 Å². The maximum atomic E-state index is 12.4. The van der Waals surface area contributed by atoms with Gasteiger partial charge >= 0.3 is 0 Å². The minimum Gasteiger partial charge on any atom is -0.339 e. The predicted molar refractivity (Wildman–Crippen MR) is 83.9 cm³/mol. The lowest BCUT2D eigenvalue weighted by molar-refractivity contribution is -0.132. The van der Waals surface area contributed by atoms with Crippen LogP contribution in [0.4, 0.5) is 0 Å². The van der Waals surface area contributed by atoms with Gasteiger partial charge in [-0.05, 0) is 18.6 Å². The Morgan fingerprint density at radius 2 is 1.67 bits per heavy atom. The van der Waals surface area contributed by atoms with Crippen molar-refractivity contribution in [3.63, 3.8) is 0 Å². The van der Waals surface area contributed by atoms with E-state index in [0.717, 1.165) is 0 Å². The van der Waals surface area contributed by atoms with Crippen LogP contribution < -0.4 is 0 Å². The highest BCUT2D eigenvalue weighted by atomic mass is 35.5. The van der Waals surface area contributed by atoms with Gasteiger partial charge in [0.25, 0.3) is 5.91 Å². The molecule has 2 amide bonds.